The number of pyridine rings is 1. The summed E-state index contributed by atoms with van der Waals surface area (Å²) in [7, 11) is 1.74. The van der Waals surface area contributed by atoms with Crippen molar-refractivity contribution in [3.05, 3.63) is 53.2 Å². The Balaban J connectivity index is 2.10. The van der Waals surface area contributed by atoms with Crippen LogP contribution in [0.4, 0.5) is 0 Å². The van der Waals surface area contributed by atoms with Crippen molar-refractivity contribution in [3.63, 3.8) is 0 Å². The van der Waals surface area contributed by atoms with Crippen molar-refractivity contribution in [2.75, 3.05) is 7.05 Å². The Morgan fingerprint density at radius 3 is 2.68 bits per heavy atom. The molecule has 0 N–H and O–H groups in total. The first-order valence-electron chi connectivity index (χ1n) is 5.91. The molecule has 2 aromatic rings. The van der Waals surface area contributed by atoms with Crippen molar-refractivity contribution in [1.29, 1.82) is 0 Å². The molecule has 19 heavy (non-hydrogen) atoms. The lowest BCUT2D eigenvalue weighted by Crippen LogP contribution is -2.25. The summed E-state index contributed by atoms with van der Waals surface area (Å²) in [6.45, 7) is 2.31. The molecule has 4 nitrogen and oxygen atoms in total. The summed E-state index contributed by atoms with van der Waals surface area (Å²) >= 11 is 5.77. The number of furan rings is 1. The number of carbonyl (C=O) groups is 1. The number of hydrogen-bond donors (Lipinski definition) is 0. The smallest absolute Gasteiger partial charge is 0.289 e. The second-order valence-electron chi connectivity index (χ2n) is 4.34. The van der Waals surface area contributed by atoms with Crippen molar-refractivity contribution >= 4 is 17.5 Å². The van der Waals surface area contributed by atoms with Crippen LogP contribution in [-0.4, -0.2) is 22.8 Å². The predicted octanol–water partition coefficient (Wildman–Crippen LogP) is 2.99. The number of aryl methyl sites for hydroxylation is 1. The zero-order chi connectivity index (χ0) is 13.8. The van der Waals surface area contributed by atoms with E-state index in [4.69, 9.17) is 16.0 Å². The number of amides is 1. The van der Waals surface area contributed by atoms with Crippen molar-refractivity contribution in [3.8, 4) is 0 Å². The minimum atomic E-state index is -0.156. The third kappa shape index (κ3) is 3.15. The Kier molecular flexibility index (Phi) is 4.22. The van der Waals surface area contributed by atoms with Crippen LogP contribution in [0.1, 0.15) is 27.4 Å². The fourth-order valence-corrected chi connectivity index (χ4v) is 2.05. The van der Waals surface area contributed by atoms with Gasteiger partial charge < -0.3 is 9.32 Å². The average Bonchev–Trinajstić information content (AvgIpc) is 2.80. The lowest BCUT2D eigenvalue weighted by atomic mass is 10.2. The summed E-state index contributed by atoms with van der Waals surface area (Å²) in [5.41, 5.74) is 1.87. The number of halogens is 1. The zero-order valence-electron chi connectivity index (χ0n) is 10.9. The van der Waals surface area contributed by atoms with Crippen molar-refractivity contribution in [2.24, 2.45) is 0 Å². The highest BCUT2D eigenvalue weighted by atomic mass is 35.5. The second kappa shape index (κ2) is 5.89. The highest BCUT2D eigenvalue weighted by Crippen LogP contribution is 2.18. The Hall–Kier alpha value is -1.81. The fraction of sp³-hybridized carbons (Fsp3) is 0.286. The van der Waals surface area contributed by atoms with Crippen molar-refractivity contribution < 1.29 is 9.21 Å². The second-order valence-corrected chi connectivity index (χ2v) is 4.61. The standard InChI is InChI=1S/C14H15ClN2O2/c1-10-12(8-15)7-13(19-10)14(18)17(2)9-11-3-5-16-6-4-11/h3-7H,8-9H2,1-2H3. The highest BCUT2D eigenvalue weighted by molar-refractivity contribution is 6.17. The Morgan fingerprint density at radius 1 is 1.42 bits per heavy atom. The Labute approximate surface area is 117 Å². The van der Waals surface area contributed by atoms with Gasteiger partial charge in [-0.1, -0.05) is 0 Å². The maximum atomic E-state index is 12.2. The van der Waals surface area contributed by atoms with E-state index < -0.39 is 0 Å². The molecule has 1 amide bonds. The molecule has 0 radical (unpaired) electrons. The van der Waals surface area contributed by atoms with E-state index in [-0.39, 0.29) is 5.91 Å². The van der Waals surface area contributed by atoms with Gasteiger partial charge >= 0.3 is 0 Å². The topological polar surface area (TPSA) is 46.3 Å². The van der Waals surface area contributed by atoms with Crippen LogP contribution >= 0.6 is 11.6 Å². The molecule has 2 rings (SSSR count). The summed E-state index contributed by atoms with van der Waals surface area (Å²) in [6, 6.07) is 5.45. The SMILES string of the molecule is Cc1oc(C(=O)N(C)Cc2ccncc2)cc1CCl. The van der Waals surface area contributed by atoms with Gasteiger partial charge in [0.05, 0.1) is 5.88 Å². The van der Waals surface area contributed by atoms with Crippen LogP contribution < -0.4 is 0 Å². The van der Waals surface area contributed by atoms with E-state index in [2.05, 4.69) is 4.98 Å². The van der Waals surface area contributed by atoms with Crippen LogP contribution in [-0.2, 0) is 12.4 Å². The summed E-state index contributed by atoms with van der Waals surface area (Å²) < 4.78 is 5.44. The van der Waals surface area contributed by atoms with E-state index in [1.807, 2.05) is 12.1 Å². The van der Waals surface area contributed by atoms with Crippen LogP contribution in [0.15, 0.2) is 35.0 Å². The van der Waals surface area contributed by atoms with Gasteiger partial charge in [0, 0.05) is 31.5 Å². The number of nitrogens with zero attached hydrogens (tertiary/aromatic N) is 2. The largest absolute Gasteiger partial charge is 0.456 e. The van der Waals surface area contributed by atoms with E-state index in [1.165, 1.54) is 0 Å². The normalized spacial score (nSPS) is 10.5. The number of hydrogen-bond acceptors (Lipinski definition) is 3. The summed E-state index contributed by atoms with van der Waals surface area (Å²) in [6.07, 6.45) is 3.41. The maximum Gasteiger partial charge on any atom is 0.289 e. The molecule has 100 valence electrons. The molecule has 0 fully saturated rings. The molecule has 5 heteroatoms. The maximum absolute atomic E-state index is 12.2. The number of rotatable bonds is 4. The molecule has 0 atom stereocenters. The van der Waals surface area contributed by atoms with Gasteiger partial charge in [-0.3, -0.25) is 9.78 Å². The monoisotopic (exact) mass is 278 g/mol. The van der Waals surface area contributed by atoms with E-state index in [0.717, 1.165) is 11.1 Å². The molecule has 0 saturated carbocycles. The van der Waals surface area contributed by atoms with Gasteiger partial charge in [-0.05, 0) is 30.7 Å². The molecular weight excluding hydrogens is 264 g/mol. The van der Waals surface area contributed by atoms with E-state index in [9.17, 15) is 4.79 Å². The first kappa shape index (κ1) is 13.6. The molecule has 0 bridgehead atoms. The quantitative estimate of drug-likeness (QED) is 0.808. The molecule has 0 unspecified atom stereocenters. The molecule has 2 heterocycles. The lowest BCUT2D eigenvalue weighted by molar-refractivity contribution is 0.0752. The summed E-state index contributed by atoms with van der Waals surface area (Å²) in [5, 5.41) is 0. The molecule has 0 saturated heterocycles. The predicted molar refractivity (Wildman–Crippen MR) is 73.0 cm³/mol. The minimum Gasteiger partial charge on any atom is -0.456 e. The average molecular weight is 279 g/mol. The van der Waals surface area contributed by atoms with Gasteiger partial charge in [-0.15, -0.1) is 11.6 Å². The van der Waals surface area contributed by atoms with Gasteiger partial charge in [0.15, 0.2) is 5.76 Å². The van der Waals surface area contributed by atoms with Crippen molar-refractivity contribution in [1.82, 2.24) is 9.88 Å². The lowest BCUT2D eigenvalue weighted by Gasteiger charge is -2.15. The summed E-state index contributed by atoms with van der Waals surface area (Å²) in [5.74, 6) is 1.20. The fourth-order valence-electron chi connectivity index (χ4n) is 1.78. The molecule has 0 aliphatic heterocycles. The minimum absolute atomic E-state index is 0.156. The molecule has 2 aromatic heterocycles. The zero-order valence-corrected chi connectivity index (χ0v) is 11.6. The highest BCUT2D eigenvalue weighted by Gasteiger charge is 2.18. The van der Waals surface area contributed by atoms with Crippen LogP contribution in [0.5, 0.6) is 0 Å². The molecule has 0 aromatic carbocycles. The third-order valence-electron chi connectivity index (χ3n) is 2.89. The van der Waals surface area contributed by atoms with E-state index in [1.54, 1.807) is 37.3 Å². The van der Waals surface area contributed by atoms with Crippen LogP contribution in [0, 0.1) is 6.92 Å². The first-order chi connectivity index (χ1) is 9.11. The molecule has 0 aliphatic carbocycles. The Bertz CT molecular complexity index is 566. The summed E-state index contributed by atoms with van der Waals surface area (Å²) in [4.78, 5) is 17.8. The van der Waals surface area contributed by atoms with Crippen molar-refractivity contribution in [2.45, 2.75) is 19.3 Å². The van der Waals surface area contributed by atoms with Gasteiger partial charge in [0.25, 0.3) is 5.91 Å². The van der Waals surface area contributed by atoms with Crippen LogP contribution in [0.2, 0.25) is 0 Å². The van der Waals surface area contributed by atoms with E-state index >= 15 is 0 Å². The number of alkyl halides is 1. The van der Waals surface area contributed by atoms with Gasteiger partial charge in [0.1, 0.15) is 5.76 Å². The number of carbonyl (C=O) groups excluding carboxylic acids is 1. The van der Waals surface area contributed by atoms with Gasteiger partial charge in [0.2, 0.25) is 0 Å². The van der Waals surface area contributed by atoms with E-state index in [0.29, 0.717) is 23.9 Å². The first-order valence-corrected chi connectivity index (χ1v) is 6.45. The van der Waals surface area contributed by atoms with Crippen LogP contribution in [0.3, 0.4) is 0 Å². The number of aromatic nitrogens is 1. The van der Waals surface area contributed by atoms with Crippen LogP contribution in [0.25, 0.3) is 0 Å². The third-order valence-corrected chi connectivity index (χ3v) is 3.18. The Morgan fingerprint density at radius 2 is 2.11 bits per heavy atom. The van der Waals surface area contributed by atoms with Gasteiger partial charge in [-0.2, -0.15) is 0 Å². The molecule has 0 spiro atoms. The molecular formula is C14H15ClN2O2. The molecule has 0 aliphatic rings. The van der Waals surface area contributed by atoms with Gasteiger partial charge in [-0.25, -0.2) is 0 Å².